The summed E-state index contributed by atoms with van der Waals surface area (Å²) in [6.45, 7) is 7.46. The monoisotopic (exact) mass is 258 g/mol. The van der Waals surface area contributed by atoms with Gasteiger partial charge in [0, 0.05) is 10.0 Å². The lowest BCUT2D eigenvalue weighted by atomic mass is 10.0. The maximum absolute atomic E-state index is 7.33. The summed E-state index contributed by atoms with van der Waals surface area (Å²) in [5.74, 6) is 0.642. The molecule has 0 bridgehead atoms. The van der Waals surface area contributed by atoms with Gasteiger partial charge in [-0.25, -0.2) is 0 Å². The van der Waals surface area contributed by atoms with E-state index in [1.807, 2.05) is 12.1 Å². The van der Waals surface area contributed by atoms with E-state index in [-0.39, 0.29) is 0 Å². The Bertz CT molecular complexity index is 365. The highest BCUT2D eigenvalue weighted by molar-refractivity contribution is 6.34. The van der Waals surface area contributed by atoms with Crippen LogP contribution in [0.1, 0.15) is 31.7 Å². The Labute approximate surface area is 107 Å². The molecule has 2 rings (SSSR count). The van der Waals surface area contributed by atoms with E-state index in [0.717, 1.165) is 16.3 Å². The molecule has 0 aromatic heterocycles. The molecule has 0 spiro atoms. The van der Waals surface area contributed by atoms with Gasteiger partial charge in [0.2, 0.25) is 0 Å². The van der Waals surface area contributed by atoms with E-state index in [9.17, 15) is 0 Å². The number of rotatable bonds is 1. The average molecular weight is 259 g/mol. The van der Waals surface area contributed by atoms with Gasteiger partial charge in [0.05, 0.1) is 6.26 Å². The zero-order valence-corrected chi connectivity index (χ0v) is 11.0. The van der Waals surface area contributed by atoms with E-state index < -0.39 is 0 Å². The molecule has 1 saturated carbocycles. The zero-order valence-electron chi connectivity index (χ0n) is 9.50. The number of hydrogen-bond acceptors (Lipinski definition) is 1. The van der Waals surface area contributed by atoms with Crippen LogP contribution in [0.25, 0.3) is 0 Å². The second kappa shape index (κ2) is 5.11. The summed E-state index contributed by atoms with van der Waals surface area (Å²) in [5, 5.41) is 8.82. The van der Waals surface area contributed by atoms with Crippen molar-refractivity contribution in [3.05, 3.63) is 46.6 Å². The predicted octanol–water partition coefficient (Wildman–Crippen LogP) is 5.19. The van der Waals surface area contributed by atoms with Gasteiger partial charge in [0.25, 0.3) is 0 Å². The van der Waals surface area contributed by atoms with Gasteiger partial charge in [-0.1, -0.05) is 43.6 Å². The normalized spacial score (nSPS) is 20.6. The lowest BCUT2D eigenvalue weighted by Gasteiger charge is -2.04. The second-order valence-electron chi connectivity index (χ2n) is 4.63. The Morgan fingerprint density at radius 1 is 1.31 bits per heavy atom. The molecular weight excluding hydrogens is 243 g/mol. The van der Waals surface area contributed by atoms with E-state index in [1.165, 1.54) is 12.0 Å². The lowest BCUT2D eigenvalue weighted by molar-refractivity contribution is 0.476. The highest BCUT2D eigenvalue weighted by Gasteiger charge is 2.46. The van der Waals surface area contributed by atoms with Gasteiger partial charge in [-0.05, 0) is 41.5 Å². The summed E-state index contributed by atoms with van der Waals surface area (Å²) in [7, 11) is 0. The maximum atomic E-state index is 7.33. The quantitative estimate of drug-likeness (QED) is 0.687. The molecule has 1 aliphatic rings. The van der Waals surface area contributed by atoms with Crippen LogP contribution < -0.4 is 0 Å². The molecule has 0 saturated heterocycles. The van der Waals surface area contributed by atoms with Crippen molar-refractivity contribution in [3.63, 3.8) is 0 Å². The molecule has 1 nitrogen and oxygen atoms in total. The molecule has 3 heteroatoms. The Morgan fingerprint density at radius 3 is 2.00 bits per heavy atom. The molecule has 0 aliphatic heterocycles. The van der Waals surface area contributed by atoms with Gasteiger partial charge in [0.1, 0.15) is 0 Å². The molecule has 16 heavy (non-hydrogen) atoms. The van der Waals surface area contributed by atoms with E-state index in [4.69, 9.17) is 28.3 Å². The summed E-state index contributed by atoms with van der Waals surface area (Å²) >= 11 is 11.9. The highest BCUT2D eigenvalue weighted by atomic mass is 35.5. The predicted molar refractivity (Wildman–Crippen MR) is 70.4 cm³/mol. The topological polar surface area (TPSA) is 20.2 Å². The summed E-state index contributed by atoms with van der Waals surface area (Å²) in [6.07, 6.45) is 1.99. The van der Waals surface area contributed by atoms with Crippen LogP contribution in [-0.4, -0.2) is 5.11 Å². The molecule has 0 heterocycles. The van der Waals surface area contributed by atoms with Crippen LogP contribution >= 0.6 is 23.2 Å². The first-order valence-corrected chi connectivity index (χ1v) is 5.87. The fraction of sp³-hybridized carbons (Fsp3) is 0.385. The fourth-order valence-corrected chi connectivity index (χ4v) is 2.36. The van der Waals surface area contributed by atoms with Crippen molar-refractivity contribution in [2.24, 2.45) is 5.41 Å². The summed E-state index contributed by atoms with van der Waals surface area (Å²) in [6, 6.07) is 5.82. The number of halogens is 2. The van der Waals surface area contributed by atoms with Crippen LogP contribution in [0, 0.1) is 5.41 Å². The van der Waals surface area contributed by atoms with Crippen LogP contribution in [0.3, 0.4) is 0 Å². The molecule has 1 N–H and O–H groups in total. The van der Waals surface area contributed by atoms with Crippen molar-refractivity contribution in [1.29, 1.82) is 0 Å². The minimum Gasteiger partial charge on any atom is -0.516 e. The smallest absolute Gasteiger partial charge is 0.0719 e. The van der Waals surface area contributed by atoms with Gasteiger partial charge in [0.15, 0.2) is 0 Å². The molecule has 1 aromatic rings. The Balaban J connectivity index is 0.000000386. The highest BCUT2D eigenvalue weighted by Crippen LogP contribution is 2.58. The SMILES string of the molecule is C=CO.CC1(C)CC1c1cc(Cl)cc(Cl)c1. The third kappa shape index (κ3) is 3.43. The van der Waals surface area contributed by atoms with Crippen LogP contribution in [0.4, 0.5) is 0 Å². The average Bonchev–Trinajstić information content (AvgIpc) is 2.75. The van der Waals surface area contributed by atoms with Crippen molar-refractivity contribution in [3.8, 4) is 0 Å². The van der Waals surface area contributed by atoms with Crippen molar-refractivity contribution < 1.29 is 5.11 Å². The first-order chi connectivity index (χ1) is 7.40. The second-order valence-corrected chi connectivity index (χ2v) is 5.50. The van der Waals surface area contributed by atoms with Gasteiger partial charge in [-0.3, -0.25) is 0 Å². The lowest BCUT2D eigenvalue weighted by Crippen LogP contribution is -1.89. The molecular formula is C13H16Cl2O. The molecule has 1 aromatic carbocycles. The van der Waals surface area contributed by atoms with E-state index in [1.54, 1.807) is 6.07 Å². The molecule has 0 amide bonds. The minimum absolute atomic E-state index is 0.439. The Hall–Kier alpha value is -0.660. The third-order valence-corrected chi connectivity index (χ3v) is 3.24. The number of hydrogen-bond donors (Lipinski definition) is 1. The molecule has 0 radical (unpaired) electrons. The summed E-state index contributed by atoms with van der Waals surface area (Å²) in [4.78, 5) is 0. The largest absolute Gasteiger partial charge is 0.516 e. The third-order valence-electron chi connectivity index (χ3n) is 2.80. The fourth-order valence-electron chi connectivity index (χ4n) is 1.81. The Morgan fingerprint density at radius 2 is 1.69 bits per heavy atom. The van der Waals surface area contributed by atoms with Gasteiger partial charge < -0.3 is 5.11 Å². The molecule has 1 unspecified atom stereocenters. The number of benzene rings is 1. The van der Waals surface area contributed by atoms with Crippen LogP contribution in [0.5, 0.6) is 0 Å². The van der Waals surface area contributed by atoms with Gasteiger partial charge >= 0.3 is 0 Å². The van der Waals surface area contributed by atoms with Gasteiger partial charge in [-0.2, -0.15) is 0 Å². The summed E-state index contributed by atoms with van der Waals surface area (Å²) in [5.41, 5.74) is 1.72. The molecule has 1 atom stereocenters. The van der Waals surface area contributed by atoms with Crippen LogP contribution in [0.2, 0.25) is 10.0 Å². The van der Waals surface area contributed by atoms with Crippen LogP contribution in [0.15, 0.2) is 31.0 Å². The summed E-state index contributed by atoms with van der Waals surface area (Å²) < 4.78 is 0. The van der Waals surface area contributed by atoms with Crippen molar-refractivity contribution >= 4 is 23.2 Å². The first kappa shape index (κ1) is 13.4. The molecule has 1 fully saturated rings. The molecule has 88 valence electrons. The van der Waals surface area contributed by atoms with Crippen molar-refractivity contribution in [1.82, 2.24) is 0 Å². The Kier molecular flexibility index (Phi) is 4.28. The number of aliphatic hydroxyl groups is 1. The zero-order chi connectivity index (χ0) is 12.3. The minimum atomic E-state index is 0.439. The van der Waals surface area contributed by atoms with Crippen molar-refractivity contribution in [2.45, 2.75) is 26.2 Å². The van der Waals surface area contributed by atoms with Gasteiger partial charge in [-0.15, -0.1) is 0 Å². The standard InChI is InChI=1S/C11H12Cl2.C2H4O/c1-11(2)6-10(11)7-3-8(12)5-9(13)4-7;1-2-3/h3-5,10H,6H2,1-2H3;2-3H,1H2. The maximum Gasteiger partial charge on any atom is 0.0719 e. The molecule has 1 aliphatic carbocycles. The number of aliphatic hydroxyl groups excluding tert-OH is 1. The van der Waals surface area contributed by atoms with E-state index >= 15 is 0 Å². The van der Waals surface area contributed by atoms with Crippen LogP contribution in [-0.2, 0) is 0 Å². The first-order valence-electron chi connectivity index (χ1n) is 5.12. The van der Waals surface area contributed by atoms with E-state index in [2.05, 4.69) is 20.4 Å². The van der Waals surface area contributed by atoms with E-state index in [0.29, 0.717) is 11.3 Å². The van der Waals surface area contributed by atoms with Crippen molar-refractivity contribution in [2.75, 3.05) is 0 Å².